The molecule has 0 bridgehead atoms. The van der Waals surface area contributed by atoms with E-state index in [1.165, 1.54) is 13.2 Å². The number of aromatic nitrogens is 1. The number of carbonyl (C=O) groups is 1. The van der Waals surface area contributed by atoms with Gasteiger partial charge in [-0.2, -0.15) is 0 Å². The maximum Gasteiger partial charge on any atom is 0.145 e. The second-order valence-corrected chi connectivity index (χ2v) is 4.56. The zero-order valence-corrected chi connectivity index (χ0v) is 11.4. The summed E-state index contributed by atoms with van der Waals surface area (Å²) in [6.07, 6.45) is 0. The van der Waals surface area contributed by atoms with Crippen molar-refractivity contribution >= 4 is 16.9 Å². The van der Waals surface area contributed by atoms with Crippen molar-refractivity contribution in [3.8, 4) is 17.0 Å². The summed E-state index contributed by atoms with van der Waals surface area (Å²) < 4.78 is 5.28. The normalized spacial score (nSPS) is 10.5. The molecule has 0 amide bonds. The van der Waals surface area contributed by atoms with Gasteiger partial charge in [0.15, 0.2) is 0 Å². The fourth-order valence-corrected chi connectivity index (χ4v) is 2.31. The van der Waals surface area contributed by atoms with Crippen LogP contribution in [0.2, 0.25) is 0 Å². The molecule has 3 aromatic rings. The summed E-state index contributed by atoms with van der Waals surface area (Å²) in [5.41, 5.74) is 2.04. The Bertz CT molecular complexity index is 813. The first-order valence-corrected chi connectivity index (χ1v) is 6.45. The van der Waals surface area contributed by atoms with Crippen LogP contribution < -0.4 is 9.84 Å². The van der Waals surface area contributed by atoms with E-state index in [1.54, 1.807) is 18.2 Å². The number of fused-ring (bicyclic) bond motifs is 1. The topological polar surface area (TPSA) is 62.2 Å². The lowest BCUT2D eigenvalue weighted by molar-refractivity contribution is -0.254. The molecule has 0 saturated carbocycles. The zero-order valence-electron chi connectivity index (χ0n) is 11.4. The van der Waals surface area contributed by atoms with Crippen molar-refractivity contribution in [2.45, 2.75) is 0 Å². The van der Waals surface area contributed by atoms with Crippen molar-refractivity contribution in [2.24, 2.45) is 0 Å². The summed E-state index contributed by atoms with van der Waals surface area (Å²) in [7, 11) is 1.53. The number of carbonyl (C=O) groups excluding carboxylic acids is 1. The van der Waals surface area contributed by atoms with Gasteiger partial charge in [0.25, 0.3) is 0 Å². The van der Waals surface area contributed by atoms with E-state index in [2.05, 4.69) is 4.98 Å². The number of para-hydroxylation sites is 1. The summed E-state index contributed by atoms with van der Waals surface area (Å²) in [5.74, 6) is -0.694. The molecule has 3 rings (SSSR count). The lowest BCUT2D eigenvalue weighted by Crippen LogP contribution is -2.22. The maximum atomic E-state index is 11.4. The number of benzene rings is 2. The molecule has 0 N–H and O–H groups in total. The molecule has 0 aliphatic rings. The average Bonchev–Trinajstić information content (AvgIpc) is 2.53. The third-order valence-corrected chi connectivity index (χ3v) is 3.31. The minimum Gasteiger partial charge on any atom is -0.545 e. The molecular formula is C17H12NO3-. The SMILES string of the molecule is COc1cccc2c(C(=O)[O-])cc(-c3ccccc3)nc12. The molecule has 1 aromatic heterocycles. The third kappa shape index (κ3) is 2.31. The van der Waals surface area contributed by atoms with Crippen molar-refractivity contribution in [1.29, 1.82) is 0 Å². The first-order chi connectivity index (χ1) is 10.2. The first kappa shape index (κ1) is 13.1. The van der Waals surface area contributed by atoms with E-state index in [4.69, 9.17) is 4.74 Å². The van der Waals surface area contributed by atoms with Gasteiger partial charge in [-0.3, -0.25) is 0 Å². The smallest absolute Gasteiger partial charge is 0.145 e. The van der Waals surface area contributed by atoms with E-state index in [9.17, 15) is 9.90 Å². The van der Waals surface area contributed by atoms with Crippen LogP contribution in [0, 0.1) is 0 Å². The van der Waals surface area contributed by atoms with Crippen molar-refractivity contribution < 1.29 is 14.6 Å². The van der Waals surface area contributed by atoms with E-state index >= 15 is 0 Å². The standard InChI is InChI=1S/C17H13NO3/c1-21-15-9-5-8-12-13(17(19)20)10-14(18-16(12)15)11-6-3-2-4-7-11/h2-10H,1H3,(H,19,20)/p-1. The molecular weight excluding hydrogens is 266 g/mol. The number of carboxylic acids is 1. The van der Waals surface area contributed by atoms with E-state index < -0.39 is 5.97 Å². The molecule has 0 unspecified atom stereocenters. The van der Waals surface area contributed by atoms with Crippen molar-refractivity contribution in [3.05, 3.63) is 60.2 Å². The number of hydrogen-bond donors (Lipinski definition) is 0. The van der Waals surface area contributed by atoms with Gasteiger partial charge in [0.05, 0.1) is 18.8 Å². The number of methoxy groups -OCH3 is 1. The van der Waals surface area contributed by atoms with E-state index in [0.29, 0.717) is 22.3 Å². The maximum absolute atomic E-state index is 11.4. The monoisotopic (exact) mass is 278 g/mol. The van der Waals surface area contributed by atoms with Crippen molar-refractivity contribution in [3.63, 3.8) is 0 Å². The molecule has 0 radical (unpaired) electrons. The second-order valence-electron chi connectivity index (χ2n) is 4.56. The highest BCUT2D eigenvalue weighted by Gasteiger charge is 2.11. The van der Waals surface area contributed by atoms with Crippen LogP contribution in [-0.4, -0.2) is 18.1 Å². The van der Waals surface area contributed by atoms with Crippen molar-refractivity contribution in [2.75, 3.05) is 7.11 Å². The van der Waals surface area contributed by atoms with Gasteiger partial charge >= 0.3 is 0 Å². The summed E-state index contributed by atoms with van der Waals surface area (Å²) in [5, 5.41) is 11.9. The minimum absolute atomic E-state index is 0.109. The van der Waals surface area contributed by atoms with Crippen molar-refractivity contribution in [1.82, 2.24) is 4.98 Å². The van der Waals surface area contributed by atoms with E-state index in [-0.39, 0.29) is 5.56 Å². The Morgan fingerprint density at radius 2 is 1.86 bits per heavy atom. The molecule has 2 aromatic carbocycles. The molecule has 21 heavy (non-hydrogen) atoms. The predicted octanol–water partition coefficient (Wildman–Crippen LogP) is 2.27. The van der Waals surface area contributed by atoms with Crippen LogP contribution >= 0.6 is 0 Å². The number of aromatic carboxylic acids is 1. The number of hydrogen-bond acceptors (Lipinski definition) is 4. The molecule has 0 atom stereocenters. The molecule has 0 spiro atoms. The number of pyridine rings is 1. The van der Waals surface area contributed by atoms with Crippen LogP contribution in [0.1, 0.15) is 10.4 Å². The number of rotatable bonds is 3. The average molecular weight is 278 g/mol. The van der Waals surface area contributed by atoms with Crippen LogP contribution in [0.5, 0.6) is 5.75 Å². The van der Waals surface area contributed by atoms with E-state index in [1.807, 2.05) is 30.3 Å². The van der Waals surface area contributed by atoms with Crippen LogP contribution in [-0.2, 0) is 0 Å². The Balaban J connectivity index is 2.36. The largest absolute Gasteiger partial charge is 0.545 e. The molecule has 4 nitrogen and oxygen atoms in total. The van der Waals surface area contributed by atoms with Gasteiger partial charge in [0.2, 0.25) is 0 Å². The summed E-state index contributed by atoms with van der Waals surface area (Å²) >= 11 is 0. The van der Waals surface area contributed by atoms with Gasteiger partial charge in [-0.25, -0.2) is 4.98 Å². The highest BCUT2D eigenvalue weighted by atomic mass is 16.5. The summed E-state index contributed by atoms with van der Waals surface area (Å²) in [6, 6.07) is 16.1. The molecule has 104 valence electrons. The fraction of sp³-hybridized carbons (Fsp3) is 0.0588. The molecule has 1 heterocycles. The lowest BCUT2D eigenvalue weighted by Gasteiger charge is -2.12. The number of nitrogens with zero attached hydrogens (tertiary/aromatic N) is 1. The Hall–Kier alpha value is -2.88. The van der Waals surface area contributed by atoms with Crippen LogP contribution in [0.3, 0.4) is 0 Å². The Morgan fingerprint density at radius 3 is 2.52 bits per heavy atom. The quantitative estimate of drug-likeness (QED) is 0.737. The Morgan fingerprint density at radius 1 is 1.10 bits per heavy atom. The second kappa shape index (κ2) is 5.25. The minimum atomic E-state index is -1.23. The summed E-state index contributed by atoms with van der Waals surface area (Å²) in [4.78, 5) is 16.0. The molecule has 0 saturated heterocycles. The molecule has 0 fully saturated rings. The van der Waals surface area contributed by atoms with Crippen LogP contribution in [0.4, 0.5) is 0 Å². The van der Waals surface area contributed by atoms with E-state index in [0.717, 1.165) is 5.56 Å². The van der Waals surface area contributed by atoms with Crippen LogP contribution in [0.25, 0.3) is 22.2 Å². The zero-order chi connectivity index (χ0) is 14.8. The highest BCUT2D eigenvalue weighted by molar-refractivity contribution is 6.04. The van der Waals surface area contributed by atoms with Crippen LogP contribution in [0.15, 0.2) is 54.6 Å². The van der Waals surface area contributed by atoms with Gasteiger partial charge in [0, 0.05) is 16.5 Å². The third-order valence-electron chi connectivity index (χ3n) is 3.31. The van der Waals surface area contributed by atoms with Gasteiger partial charge in [-0.1, -0.05) is 42.5 Å². The van der Waals surface area contributed by atoms with Gasteiger partial charge in [-0.15, -0.1) is 0 Å². The number of carboxylic acid groups (broad SMARTS) is 1. The van der Waals surface area contributed by atoms with Gasteiger partial charge in [-0.05, 0) is 12.1 Å². The lowest BCUT2D eigenvalue weighted by atomic mass is 10.0. The number of ether oxygens (including phenoxy) is 1. The predicted molar refractivity (Wildman–Crippen MR) is 78.1 cm³/mol. The summed E-state index contributed by atoms with van der Waals surface area (Å²) in [6.45, 7) is 0. The Labute approximate surface area is 121 Å². The molecule has 0 aliphatic heterocycles. The first-order valence-electron chi connectivity index (χ1n) is 6.45. The molecule has 0 aliphatic carbocycles. The Kier molecular flexibility index (Phi) is 3.28. The van der Waals surface area contributed by atoms with Gasteiger partial charge in [0.1, 0.15) is 11.3 Å². The fourth-order valence-electron chi connectivity index (χ4n) is 2.31. The highest BCUT2D eigenvalue weighted by Crippen LogP contribution is 2.29. The molecule has 4 heteroatoms. The van der Waals surface area contributed by atoms with Gasteiger partial charge < -0.3 is 14.6 Å².